The average Bonchev–Trinajstić information content (AvgIpc) is 2.95. The van der Waals surface area contributed by atoms with E-state index in [9.17, 15) is 9.59 Å². The van der Waals surface area contributed by atoms with Crippen molar-refractivity contribution >= 4 is 40.7 Å². The Morgan fingerprint density at radius 2 is 1.95 bits per heavy atom. The van der Waals surface area contributed by atoms with Crippen LogP contribution in [0.25, 0.3) is 0 Å². The topological polar surface area (TPSA) is 71.3 Å². The first-order valence-corrected chi connectivity index (χ1v) is 6.39. The van der Waals surface area contributed by atoms with Crippen LogP contribution in [0.1, 0.15) is 10.6 Å². The molecule has 1 aromatic carbocycles. The SMILES string of the molecule is O=C(CNC(=O)c1ccco1)Nc1cccc(Cl)c1Cl. The standard InChI is InChI=1S/C13H10Cl2N2O3/c14-8-3-1-4-9(12(8)15)17-11(18)7-16-13(19)10-5-2-6-20-10/h1-6H,7H2,(H,16,19)(H,17,18). The van der Waals surface area contributed by atoms with E-state index in [0.29, 0.717) is 10.7 Å². The Kier molecular flexibility index (Phi) is 4.65. The maximum Gasteiger partial charge on any atom is 0.287 e. The Morgan fingerprint density at radius 3 is 2.65 bits per heavy atom. The number of anilines is 1. The largest absolute Gasteiger partial charge is 0.459 e. The molecule has 2 rings (SSSR count). The second-order valence-corrected chi connectivity index (χ2v) is 4.59. The van der Waals surface area contributed by atoms with Crippen molar-refractivity contribution in [3.8, 4) is 0 Å². The predicted molar refractivity (Wildman–Crippen MR) is 76.1 cm³/mol. The molecule has 0 bridgehead atoms. The highest BCUT2D eigenvalue weighted by atomic mass is 35.5. The van der Waals surface area contributed by atoms with Crippen molar-refractivity contribution in [2.24, 2.45) is 0 Å². The average molecular weight is 313 g/mol. The van der Waals surface area contributed by atoms with Gasteiger partial charge in [-0.25, -0.2) is 0 Å². The molecule has 104 valence electrons. The van der Waals surface area contributed by atoms with Gasteiger partial charge in [0.25, 0.3) is 5.91 Å². The first kappa shape index (κ1) is 14.4. The number of nitrogens with one attached hydrogen (secondary N) is 2. The molecular formula is C13H10Cl2N2O3. The molecule has 0 atom stereocenters. The van der Waals surface area contributed by atoms with Gasteiger partial charge in [-0.2, -0.15) is 0 Å². The molecule has 7 heteroatoms. The van der Waals surface area contributed by atoms with Crippen molar-refractivity contribution in [1.82, 2.24) is 5.32 Å². The monoisotopic (exact) mass is 312 g/mol. The third kappa shape index (κ3) is 3.53. The molecule has 0 saturated carbocycles. The number of halogens is 2. The summed E-state index contributed by atoms with van der Waals surface area (Å²) in [4.78, 5) is 23.2. The van der Waals surface area contributed by atoms with E-state index in [0.717, 1.165) is 0 Å². The maximum atomic E-state index is 11.7. The Balaban J connectivity index is 1.90. The zero-order valence-corrected chi connectivity index (χ0v) is 11.7. The van der Waals surface area contributed by atoms with Crippen molar-refractivity contribution < 1.29 is 14.0 Å². The summed E-state index contributed by atoms with van der Waals surface area (Å²) in [6, 6.07) is 7.96. The molecule has 0 aliphatic heterocycles. The van der Waals surface area contributed by atoms with Gasteiger partial charge in [0.15, 0.2) is 5.76 Å². The molecule has 0 spiro atoms. The number of carbonyl (C=O) groups is 2. The van der Waals surface area contributed by atoms with Crippen LogP contribution < -0.4 is 10.6 Å². The van der Waals surface area contributed by atoms with E-state index in [1.54, 1.807) is 24.3 Å². The fraction of sp³-hybridized carbons (Fsp3) is 0.0769. The van der Waals surface area contributed by atoms with Crippen LogP contribution in [-0.4, -0.2) is 18.4 Å². The summed E-state index contributed by atoms with van der Waals surface area (Å²) < 4.78 is 4.90. The molecule has 0 unspecified atom stereocenters. The molecule has 0 radical (unpaired) electrons. The van der Waals surface area contributed by atoms with Gasteiger partial charge in [0, 0.05) is 0 Å². The van der Waals surface area contributed by atoms with Crippen molar-refractivity contribution in [1.29, 1.82) is 0 Å². The second-order valence-electron chi connectivity index (χ2n) is 3.81. The Hall–Kier alpha value is -1.98. The summed E-state index contributed by atoms with van der Waals surface area (Å²) in [5.74, 6) is -0.755. The van der Waals surface area contributed by atoms with Gasteiger partial charge in [0.1, 0.15) is 0 Å². The van der Waals surface area contributed by atoms with Crippen LogP contribution in [0.5, 0.6) is 0 Å². The van der Waals surface area contributed by atoms with Gasteiger partial charge in [0.2, 0.25) is 5.91 Å². The van der Waals surface area contributed by atoms with Crippen LogP contribution in [0.2, 0.25) is 10.0 Å². The third-order valence-corrected chi connectivity index (χ3v) is 3.20. The Bertz CT molecular complexity index is 627. The quantitative estimate of drug-likeness (QED) is 0.911. The van der Waals surface area contributed by atoms with E-state index >= 15 is 0 Å². The summed E-state index contributed by atoms with van der Waals surface area (Å²) in [5.41, 5.74) is 0.386. The normalized spacial score (nSPS) is 10.1. The van der Waals surface area contributed by atoms with Gasteiger partial charge >= 0.3 is 0 Å². The number of furan rings is 1. The van der Waals surface area contributed by atoms with Crippen molar-refractivity contribution in [2.75, 3.05) is 11.9 Å². The highest BCUT2D eigenvalue weighted by molar-refractivity contribution is 6.44. The first-order chi connectivity index (χ1) is 9.58. The van der Waals surface area contributed by atoms with Crippen molar-refractivity contribution in [3.05, 3.63) is 52.4 Å². The van der Waals surface area contributed by atoms with Gasteiger partial charge in [-0.05, 0) is 24.3 Å². The molecular weight excluding hydrogens is 303 g/mol. The number of hydrogen-bond donors (Lipinski definition) is 2. The van der Waals surface area contributed by atoms with Gasteiger partial charge in [-0.15, -0.1) is 0 Å². The number of carbonyl (C=O) groups excluding carboxylic acids is 2. The Morgan fingerprint density at radius 1 is 1.15 bits per heavy atom. The molecule has 2 aromatic rings. The highest BCUT2D eigenvalue weighted by Gasteiger charge is 2.12. The highest BCUT2D eigenvalue weighted by Crippen LogP contribution is 2.29. The molecule has 2 N–H and O–H groups in total. The molecule has 1 heterocycles. The summed E-state index contributed by atoms with van der Waals surface area (Å²) in [7, 11) is 0. The van der Waals surface area contributed by atoms with E-state index in [2.05, 4.69) is 10.6 Å². The van der Waals surface area contributed by atoms with Gasteiger partial charge in [-0.3, -0.25) is 9.59 Å². The molecule has 0 fully saturated rings. The van der Waals surface area contributed by atoms with Crippen LogP contribution in [-0.2, 0) is 4.79 Å². The third-order valence-electron chi connectivity index (χ3n) is 2.38. The summed E-state index contributed by atoms with van der Waals surface area (Å²) in [5, 5.41) is 5.56. The zero-order valence-electron chi connectivity index (χ0n) is 10.2. The van der Waals surface area contributed by atoms with E-state index in [1.165, 1.54) is 12.3 Å². The summed E-state index contributed by atoms with van der Waals surface area (Å²) in [6.07, 6.45) is 1.38. The fourth-order valence-corrected chi connectivity index (χ4v) is 1.80. The summed E-state index contributed by atoms with van der Waals surface area (Å²) in [6.45, 7) is -0.206. The lowest BCUT2D eigenvalue weighted by Gasteiger charge is -2.08. The number of amides is 2. The predicted octanol–water partition coefficient (Wildman–Crippen LogP) is 2.95. The van der Waals surface area contributed by atoms with Crippen LogP contribution in [0.15, 0.2) is 41.0 Å². The molecule has 0 aliphatic carbocycles. The van der Waals surface area contributed by atoms with Crippen LogP contribution >= 0.6 is 23.2 Å². The van der Waals surface area contributed by atoms with E-state index in [-0.39, 0.29) is 17.3 Å². The van der Waals surface area contributed by atoms with Gasteiger partial charge < -0.3 is 15.1 Å². The minimum atomic E-state index is -0.470. The molecule has 0 saturated heterocycles. The smallest absolute Gasteiger partial charge is 0.287 e. The first-order valence-electron chi connectivity index (χ1n) is 5.63. The van der Waals surface area contributed by atoms with E-state index < -0.39 is 11.8 Å². The lowest BCUT2D eigenvalue weighted by atomic mass is 10.3. The molecule has 1 aromatic heterocycles. The van der Waals surface area contributed by atoms with Crippen LogP contribution in [0, 0.1) is 0 Å². The summed E-state index contributed by atoms with van der Waals surface area (Å²) >= 11 is 11.8. The number of hydrogen-bond acceptors (Lipinski definition) is 3. The van der Waals surface area contributed by atoms with Crippen LogP contribution in [0.3, 0.4) is 0 Å². The number of benzene rings is 1. The Labute approximate surface area is 124 Å². The van der Waals surface area contributed by atoms with Crippen LogP contribution in [0.4, 0.5) is 5.69 Å². The van der Waals surface area contributed by atoms with Gasteiger partial charge in [0.05, 0.1) is 28.5 Å². The maximum absolute atomic E-state index is 11.7. The molecule has 0 aliphatic rings. The van der Waals surface area contributed by atoms with E-state index in [1.807, 2.05) is 0 Å². The molecule has 20 heavy (non-hydrogen) atoms. The minimum Gasteiger partial charge on any atom is -0.459 e. The minimum absolute atomic E-state index is 0.138. The number of rotatable bonds is 4. The lowest BCUT2D eigenvalue weighted by Crippen LogP contribution is -2.32. The molecule has 5 nitrogen and oxygen atoms in total. The molecule has 2 amide bonds. The lowest BCUT2D eigenvalue weighted by molar-refractivity contribution is -0.115. The van der Waals surface area contributed by atoms with E-state index in [4.69, 9.17) is 27.6 Å². The van der Waals surface area contributed by atoms with Gasteiger partial charge in [-0.1, -0.05) is 29.3 Å². The van der Waals surface area contributed by atoms with Crippen molar-refractivity contribution in [3.63, 3.8) is 0 Å². The fourth-order valence-electron chi connectivity index (χ4n) is 1.45. The van der Waals surface area contributed by atoms with Crippen molar-refractivity contribution in [2.45, 2.75) is 0 Å². The zero-order chi connectivity index (χ0) is 14.5. The second kappa shape index (κ2) is 6.45.